The van der Waals surface area contributed by atoms with Gasteiger partial charge in [-0.15, -0.1) is 0 Å². The van der Waals surface area contributed by atoms with E-state index in [4.69, 9.17) is 14.7 Å². The molecule has 0 aliphatic carbocycles. The lowest BCUT2D eigenvalue weighted by Crippen LogP contribution is -2.37. The smallest absolute Gasteiger partial charge is 0.124 e. The molecule has 0 radical (unpaired) electrons. The molecule has 0 atom stereocenters. The van der Waals surface area contributed by atoms with Crippen molar-refractivity contribution in [2.45, 2.75) is 12.0 Å². The first-order valence-electron chi connectivity index (χ1n) is 3.52. The van der Waals surface area contributed by atoms with Gasteiger partial charge in [0.25, 0.3) is 0 Å². The summed E-state index contributed by atoms with van der Waals surface area (Å²) in [6, 6.07) is 1.90. The van der Waals surface area contributed by atoms with Crippen LogP contribution in [0, 0.1) is 11.3 Å². The minimum Gasteiger partial charge on any atom is -0.384 e. The van der Waals surface area contributed by atoms with Crippen LogP contribution >= 0.6 is 0 Å². The van der Waals surface area contributed by atoms with Crippen molar-refractivity contribution in [3.8, 4) is 6.07 Å². The Balaban J connectivity index is 2.46. The fourth-order valence-electron chi connectivity index (χ4n) is 0.933. The highest BCUT2D eigenvalue weighted by atomic mass is 16.6. The van der Waals surface area contributed by atoms with Crippen molar-refractivity contribution in [1.29, 1.82) is 5.26 Å². The fourth-order valence-corrected chi connectivity index (χ4v) is 0.933. The predicted octanol–water partition coefficient (Wildman–Crippen LogP) is -0.322. The molecular weight excluding hydrogens is 146 g/mol. The molecule has 1 rings (SSSR count). The first-order chi connectivity index (χ1) is 5.27. The van der Waals surface area contributed by atoms with E-state index in [2.05, 4.69) is 0 Å². The van der Waals surface area contributed by atoms with Crippen molar-refractivity contribution < 1.29 is 14.6 Å². The Hall–Kier alpha value is -0.630. The van der Waals surface area contributed by atoms with Crippen molar-refractivity contribution >= 4 is 0 Å². The molecule has 0 amide bonds. The quantitative estimate of drug-likeness (QED) is 0.566. The fraction of sp³-hybridized carbons (Fsp3) is 0.857. The van der Waals surface area contributed by atoms with E-state index in [1.807, 2.05) is 6.07 Å². The molecule has 1 N–H and O–H groups in total. The second-order valence-electron chi connectivity index (χ2n) is 2.66. The van der Waals surface area contributed by atoms with Crippen LogP contribution in [0.4, 0.5) is 0 Å². The SMILES string of the molecule is N#CCC1(O)COCCOC1. The van der Waals surface area contributed by atoms with E-state index in [1.54, 1.807) is 0 Å². The normalized spacial score (nSPS) is 23.6. The minimum atomic E-state index is -1.09. The Bertz CT molecular complexity index is 156. The molecule has 0 aromatic rings. The third-order valence-corrected chi connectivity index (χ3v) is 1.52. The van der Waals surface area contributed by atoms with E-state index >= 15 is 0 Å². The summed E-state index contributed by atoms with van der Waals surface area (Å²) in [5.41, 5.74) is -1.09. The maximum Gasteiger partial charge on any atom is 0.124 e. The van der Waals surface area contributed by atoms with Gasteiger partial charge in [-0.25, -0.2) is 0 Å². The zero-order chi connectivity index (χ0) is 8.16. The minimum absolute atomic E-state index is 0.0625. The maximum absolute atomic E-state index is 9.58. The third kappa shape index (κ3) is 2.46. The Morgan fingerprint density at radius 3 is 2.36 bits per heavy atom. The van der Waals surface area contributed by atoms with E-state index < -0.39 is 5.60 Å². The van der Waals surface area contributed by atoms with Crippen LogP contribution in [-0.4, -0.2) is 37.1 Å². The molecule has 4 heteroatoms. The molecule has 1 fully saturated rings. The molecule has 0 aromatic heterocycles. The number of hydrogen-bond acceptors (Lipinski definition) is 4. The number of nitrogens with zero attached hydrogens (tertiary/aromatic N) is 1. The summed E-state index contributed by atoms with van der Waals surface area (Å²) in [6.07, 6.45) is 0.0625. The van der Waals surface area contributed by atoms with Crippen LogP contribution in [-0.2, 0) is 9.47 Å². The Morgan fingerprint density at radius 2 is 1.91 bits per heavy atom. The van der Waals surface area contributed by atoms with Gasteiger partial charge in [-0.2, -0.15) is 5.26 Å². The molecule has 1 heterocycles. The molecule has 1 aliphatic rings. The number of rotatable bonds is 1. The Labute approximate surface area is 65.3 Å². The van der Waals surface area contributed by atoms with Crippen LogP contribution in [0.2, 0.25) is 0 Å². The standard InChI is InChI=1S/C7H11NO3/c8-2-1-7(9)5-10-3-4-11-6-7/h9H,1,3-6H2. The van der Waals surface area contributed by atoms with Crippen LogP contribution in [0.1, 0.15) is 6.42 Å². The lowest BCUT2D eigenvalue weighted by Gasteiger charge is -2.21. The first kappa shape index (κ1) is 8.47. The van der Waals surface area contributed by atoms with Crippen LogP contribution in [0.3, 0.4) is 0 Å². The average molecular weight is 157 g/mol. The molecule has 0 unspecified atom stereocenters. The highest BCUT2D eigenvalue weighted by Gasteiger charge is 2.29. The predicted molar refractivity (Wildman–Crippen MR) is 36.8 cm³/mol. The van der Waals surface area contributed by atoms with Gasteiger partial charge in [0.15, 0.2) is 0 Å². The van der Waals surface area contributed by atoms with E-state index in [0.29, 0.717) is 13.2 Å². The highest BCUT2D eigenvalue weighted by molar-refractivity contribution is 4.89. The Kier molecular flexibility index (Phi) is 2.83. The summed E-state index contributed by atoms with van der Waals surface area (Å²) in [4.78, 5) is 0. The molecule has 0 spiro atoms. The first-order valence-corrected chi connectivity index (χ1v) is 3.52. The van der Waals surface area contributed by atoms with Gasteiger partial charge >= 0.3 is 0 Å². The van der Waals surface area contributed by atoms with Crippen LogP contribution in [0.5, 0.6) is 0 Å². The monoisotopic (exact) mass is 157 g/mol. The molecule has 62 valence electrons. The molecule has 4 nitrogen and oxygen atoms in total. The molecule has 0 saturated carbocycles. The van der Waals surface area contributed by atoms with Crippen LogP contribution in [0.15, 0.2) is 0 Å². The van der Waals surface area contributed by atoms with Gasteiger partial charge in [0.2, 0.25) is 0 Å². The molecule has 0 bridgehead atoms. The van der Waals surface area contributed by atoms with E-state index in [-0.39, 0.29) is 19.6 Å². The van der Waals surface area contributed by atoms with Gasteiger partial charge in [0, 0.05) is 0 Å². The van der Waals surface area contributed by atoms with Crippen molar-refractivity contribution in [3.63, 3.8) is 0 Å². The van der Waals surface area contributed by atoms with Crippen molar-refractivity contribution in [1.82, 2.24) is 0 Å². The van der Waals surface area contributed by atoms with E-state index in [1.165, 1.54) is 0 Å². The number of aliphatic hydroxyl groups is 1. The van der Waals surface area contributed by atoms with Crippen LogP contribution in [0.25, 0.3) is 0 Å². The van der Waals surface area contributed by atoms with E-state index in [0.717, 1.165) is 0 Å². The van der Waals surface area contributed by atoms with Crippen molar-refractivity contribution in [2.24, 2.45) is 0 Å². The van der Waals surface area contributed by atoms with Gasteiger partial charge in [0.05, 0.1) is 38.9 Å². The van der Waals surface area contributed by atoms with Crippen molar-refractivity contribution in [3.05, 3.63) is 0 Å². The molecule has 1 saturated heterocycles. The largest absolute Gasteiger partial charge is 0.384 e. The summed E-state index contributed by atoms with van der Waals surface area (Å²) >= 11 is 0. The maximum atomic E-state index is 9.58. The van der Waals surface area contributed by atoms with Gasteiger partial charge in [-0.3, -0.25) is 0 Å². The summed E-state index contributed by atoms with van der Waals surface area (Å²) in [6.45, 7) is 1.38. The highest BCUT2D eigenvalue weighted by Crippen LogP contribution is 2.13. The lowest BCUT2D eigenvalue weighted by molar-refractivity contribution is -0.0510. The second kappa shape index (κ2) is 3.67. The van der Waals surface area contributed by atoms with Gasteiger partial charge < -0.3 is 14.6 Å². The number of ether oxygens (including phenoxy) is 2. The van der Waals surface area contributed by atoms with E-state index in [9.17, 15) is 5.11 Å². The average Bonchev–Trinajstić information content (AvgIpc) is 2.15. The topological polar surface area (TPSA) is 62.5 Å². The summed E-state index contributed by atoms with van der Waals surface area (Å²) in [5.74, 6) is 0. The van der Waals surface area contributed by atoms with Gasteiger partial charge in [0.1, 0.15) is 5.60 Å². The lowest BCUT2D eigenvalue weighted by atomic mass is 10.0. The van der Waals surface area contributed by atoms with Gasteiger partial charge in [-0.1, -0.05) is 0 Å². The van der Waals surface area contributed by atoms with Crippen LogP contribution < -0.4 is 0 Å². The number of nitriles is 1. The second-order valence-corrected chi connectivity index (χ2v) is 2.66. The molecule has 11 heavy (non-hydrogen) atoms. The number of hydrogen-bond donors (Lipinski definition) is 1. The molecular formula is C7H11NO3. The molecule has 1 aliphatic heterocycles. The third-order valence-electron chi connectivity index (χ3n) is 1.52. The van der Waals surface area contributed by atoms with Gasteiger partial charge in [-0.05, 0) is 0 Å². The zero-order valence-corrected chi connectivity index (χ0v) is 6.25. The summed E-state index contributed by atoms with van der Waals surface area (Å²) < 4.78 is 10.1. The summed E-state index contributed by atoms with van der Waals surface area (Å²) in [5, 5.41) is 17.9. The Morgan fingerprint density at radius 1 is 1.36 bits per heavy atom. The van der Waals surface area contributed by atoms with Crippen molar-refractivity contribution in [2.75, 3.05) is 26.4 Å². The zero-order valence-electron chi connectivity index (χ0n) is 6.25. The summed E-state index contributed by atoms with van der Waals surface area (Å²) in [7, 11) is 0. The molecule has 0 aromatic carbocycles.